The van der Waals surface area contributed by atoms with E-state index in [2.05, 4.69) is 0 Å². The number of carboxylic acids is 3. The van der Waals surface area contributed by atoms with Gasteiger partial charge in [0.1, 0.15) is 6.04 Å². The third-order valence-electron chi connectivity index (χ3n) is 2.52. The number of hydrogen-bond acceptors (Lipinski definition) is 5. The number of rotatable bonds is 11. The first-order valence-corrected chi connectivity index (χ1v) is 6.97. The fourth-order valence-corrected chi connectivity index (χ4v) is 1.60. The molecule has 0 fully saturated rings. The summed E-state index contributed by atoms with van der Waals surface area (Å²) in [6.07, 6.45) is 2.25. The number of unbranched alkanes of at least 4 members (excludes halogenated alkanes) is 2. The molecule has 124 valence electrons. The van der Waals surface area contributed by atoms with Crippen molar-refractivity contribution in [3.8, 4) is 0 Å². The van der Waals surface area contributed by atoms with Gasteiger partial charge in [-0.3, -0.25) is 19.3 Å². The van der Waals surface area contributed by atoms with Crippen LogP contribution in [0.4, 0.5) is 0 Å². The molecule has 0 heterocycles. The molecule has 0 spiro atoms. The van der Waals surface area contributed by atoms with Crippen LogP contribution in [0.1, 0.15) is 39.5 Å². The molecule has 0 aliphatic carbocycles. The first-order chi connectivity index (χ1) is 9.82. The van der Waals surface area contributed by atoms with E-state index >= 15 is 0 Å². The Morgan fingerprint density at radius 2 is 1.43 bits per heavy atom. The minimum atomic E-state index is -1.07. The van der Waals surface area contributed by atoms with E-state index in [4.69, 9.17) is 21.1 Å². The molecule has 0 bridgehead atoms. The van der Waals surface area contributed by atoms with Gasteiger partial charge in [0.25, 0.3) is 0 Å². The van der Waals surface area contributed by atoms with Crippen LogP contribution in [0.15, 0.2) is 0 Å². The van der Waals surface area contributed by atoms with Gasteiger partial charge in [0.2, 0.25) is 0 Å². The lowest BCUT2D eigenvalue weighted by Crippen LogP contribution is -2.35. The molecule has 8 heteroatoms. The molecule has 8 nitrogen and oxygen atoms in total. The summed E-state index contributed by atoms with van der Waals surface area (Å²) in [6, 6.07) is -0.880. The van der Waals surface area contributed by atoms with Crippen LogP contribution in [-0.2, 0) is 14.4 Å². The highest BCUT2D eigenvalue weighted by atomic mass is 16.4. The molecule has 0 aromatic carbocycles. The van der Waals surface area contributed by atoms with Crippen LogP contribution in [0.25, 0.3) is 0 Å². The first kappa shape index (κ1) is 21.6. The second kappa shape index (κ2) is 13.3. The third-order valence-corrected chi connectivity index (χ3v) is 2.52. The van der Waals surface area contributed by atoms with Crippen LogP contribution >= 0.6 is 0 Å². The molecule has 0 saturated heterocycles. The SMILES string of the molecule is CC.NC(CCCCCN(CC(=O)O)CC(=O)O)C(=O)O. The van der Waals surface area contributed by atoms with E-state index < -0.39 is 23.9 Å². The number of carboxylic acid groups (broad SMARTS) is 3. The van der Waals surface area contributed by atoms with Crippen molar-refractivity contribution in [2.75, 3.05) is 19.6 Å². The molecule has 0 aliphatic rings. The van der Waals surface area contributed by atoms with Crippen LogP contribution in [0.3, 0.4) is 0 Å². The van der Waals surface area contributed by atoms with E-state index in [0.717, 1.165) is 0 Å². The maximum atomic E-state index is 10.5. The standard InChI is InChI=1S/C11H20N2O6.C2H6/c12-8(11(18)19)4-2-1-3-5-13(6-9(14)15)7-10(16)17;1-2/h8H,1-7,12H2,(H,14,15)(H,16,17)(H,18,19);1-2H3. The van der Waals surface area contributed by atoms with Crippen molar-refractivity contribution in [1.29, 1.82) is 0 Å². The van der Waals surface area contributed by atoms with Crippen molar-refractivity contribution in [2.24, 2.45) is 5.73 Å². The summed E-state index contributed by atoms with van der Waals surface area (Å²) in [6.45, 7) is 3.71. The van der Waals surface area contributed by atoms with Crippen LogP contribution in [0.2, 0.25) is 0 Å². The molecule has 0 aromatic heterocycles. The predicted octanol–water partition coefficient (Wildman–Crippen LogP) is 0.456. The van der Waals surface area contributed by atoms with Gasteiger partial charge in [-0.2, -0.15) is 0 Å². The van der Waals surface area contributed by atoms with E-state index in [1.54, 1.807) is 0 Å². The van der Waals surface area contributed by atoms with Gasteiger partial charge in [-0.15, -0.1) is 0 Å². The van der Waals surface area contributed by atoms with Crippen molar-refractivity contribution in [3.05, 3.63) is 0 Å². The Bertz CT molecular complexity index is 306. The van der Waals surface area contributed by atoms with E-state index in [1.165, 1.54) is 4.90 Å². The number of nitrogens with two attached hydrogens (primary N) is 1. The number of carbonyl (C=O) groups is 3. The fourth-order valence-electron chi connectivity index (χ4n) is 1.60. The molecular formula is C13H26N2O6. The monoisotopic (exact) mass is 306 g/mol. The van der Waals surface area contributed by atoms with Crippen molar-refractivity contribution in [1.82, 2.24) is 4.90 Å². The minimum absolute atomic E-state index is 0.319. The zero-order chi connectivity index (χ0) is 16.8. The number of hydrogen-bond donors (Lipinski definition) is 4. The van der Waals surface area contributed by atoms with E-state index in [1.807, 2.05) is 13.8 Å². The summed E-state index contributed by atoms with van der Waals surface area (Å²) in [4.78, 5) is 32.8. The van der Waals surface area contributed by atoms with Crippen molar-refractivity contribution < 1.29 is 29.7 Å². The summed E-state index contributed by atoms with van der Waals surface area (Å²) in [7, 11) is 0. The molecule has 0 saturated carbocycles. The lowest BCUT2D eigenvalue weighted by Gasteiger charge is -2.17. The molecule has 1 atom stereocenters. The Hall–Kier alpha value is -1.67. The van der Waals surface area contributed by atoms with Gasteiger partial charge in [0.15, 0.2) is 0 Å². The molecule has 0 rings (SSSR count). The van der Waals surface area contributed by atoms with Gasteiger partial charge in [0.05, 0.1) is 13.1 Å². The number of nitrogens with zero attached hydrogens (tertiary/aromatic N) is 1. The molecule has 21 heavy (non-hydrogen) atoms. The Kier molecular flexibility index (Phi) is 13.7. The zero-order valence-corrected chi connectivity index (χ0v) is 12.6. The highest BCUT2D eigenvalue weighted by Crippen LogP contribution is 2.04. The van der Waals surface area contributed by atoms with Gasteiger partial charge in [-0.05, 0) is 19.4 Å². The predicted molar refractivity (Wildman–Crippen MR) is 77.1 cm³/mol. The second-order valence-corrected chi connectivity index (χ2v) is 4.29. The summed E-state index contributed by atoms with van der Waals surface area (Å²) < 4.78 is 0. The molecule has 0 radical (unpaired) electrons. The first-order valence-electron chi connectivity index (χ1n) is 6.97. The summed E-state index contributed by atoms with van der Waals surface area (Å²) in [5, 5.41) is 25.8. The lowest BCUT2D eigenvalue weighted by atomic mass is 10.1. The van der Waals surface area contributed by atoms with E-state index in [-0.39, 0.29) is 13.1 Å². The average Bonchev–Trinajstić information content (AvgIpc) is 2.38. The van der Waals surface area contributed by atoms with E-state index in [9.17, 15) is 14.4 Å². The summed E-state index contributed by atoms with van der Waals surface area (Å²) in [5.74, 6) is -3.19. The fraction of sp³-hybridized carbons (Fsp3) is 0.769. The lowest BCUT2D eigenvalue weighted by molar-refractivity contribution is -0.142. The Morgan fingerprint density at radius 3 is 1.81 bits per heavy atom. The maximum Gasteiger partial charge on any atom is 0.320 e. The molecule has 1 unspecified atom stereocenters. The quantitative estimate of drug-likeness (QED) is 0.403. The molecule has 0 aromatic rings. The number of aliphatic carboxylic acids is 3. The Morgan fingerprint density at radius 1 is 0.952 bits per heavy atom. The Balaban J connectivity index is 0. The van der Waals surface area contributed by atoms with Gasteiger partial charge >= 0.3 is 17.9 Å². The van der Waals surface area contributed by atoms with Crippen molar-refractivity contribution in [3.63, 3.8) is 0 Å². The summed E-state index contributed by atoms with van der Waals surface area (Å²) in [5.41, 5.74) is 5.32. The topological polar surface area (TPSA) is 141 Å². The maximum absolute atomic E-state index is 10.5. The normalized spacial score (nSPS) is 11.4. The third kappa shape index (κ3) is 14.5. The average molecular weight is 306 g/mol. The smallest absolute Gasteiger partial charge is 0.320 e. The van der Waals surface area contributed by atoms with Crippen LogP contribution in [-0.4, -0.2) is 63.8 Å². The van der Waals surface area contributed by atoms with Crippen molar-refractivity contribution >= 4 is 17.9 Å². The van der Waals surface area contributed by atoms with Crippen LogP contribution < -0.4 is 5.73 Å². The Labute approximate surface area is 124 Å². The molecular weight excluding hydrogens is 280 g/mol. The largest absolute Gasteiger partial charge is 0.480 e. The highest BCUT2D eigenvalue weighted by molar-refractivity contribution is 5.73. The molecule has 5 N–H and O–H groups in total. The van der Waals surface area contributed by atoms with E-state index in [0.29, 0.717) is 32.2 Å². The second-order valence-electron chi connectivity index (χ2n) is 4.29. The van der Waals surface area contributed by atoms with Gasteiger partial charge in [0, 0.05) is 0 Å². The van der Waals surface area contributed by atoms with Crippen molar-refractivity contribution in [2.45, 2.75) is 45.6 Å². The molecule has 0 aliphatic heterocycles. The highest BCUT2D eigenvalue weighted by Gasteiger charge is 2.13. The van der Waals surface area contributed by atoms with Gasteiger partial charge < -0.3 is 21.1 Å². The molecule has 0 amide bonds. The van der Waals surface area contributed by atoms with Gasteiger partial charge in [-0.25, -0.2) is 0 Å². The van der Waals surface area contributed by atoms with Crippen LogP contribution in [0.5, 0.6) is 0 Å². The zero-order valence-electron chi connectivity index (χ0n) is 12.6. The minimum Gasteiger partial charge on any atom is -0.480 e. The summed E-state index contributed by atoms with van der Waals surface area (Å²) >= 11 is 0. The van der Waals surface area contributed by atoms with Crippen LogP contribution in [0, 0.1) is 0 Å². The van der Waals surface area contributed by atoms with Gasteiger partial charge in [-0.1, -0.05) is 26.7 Å².